The van der Waals surface area contributed by atoms with Gasteiger partial charge < -0.3 is 16.3 Å². The fraction of sp³-hybridized carbons (Fsp3) is 0.0435. The molecule has 0 atom stereocenters. The molecule has 0 radical (unpaired) electrons. The smallest absolute Gasteiger partial charge is 0.284 e. The molecule has 0 saturated heterocycles. The van der Waals surface area contributed by atoms with Gasteiger partial charge in [0.25, 0.3) is 5.91 Å². The van der Waals surface area contributed by atoms with Crippen molar-refractivity contribution < 1.29 is 22.8 Å². The average molecular weight is 503 g/mol. The van der Waals surface area contributed by atoms with E-state index in [1.165, 1.54) is 43.3 Å². The molecule has 1 amide bonds. The van der Waals surface area contributed by atoms with Gasteiger partial charge in [-0.25, -0.2) is 17.9 Å². The molecule has 3 aromatic carbocycles. The number of allylic oxidation sites excluding steroid dienone is 1. The summed E-state index contributed by atoms with van der Waals surface area (Å²) in [6.07, 6.45) is 0. The van der Waals surface area contributed by atoms with Crippen molar-refractivity contribution in [3.05, 3.63) is 88.7 Å². The number of carbonyl (C=O) groups excluding carboxylic acids is 1. The van der Waals surface area contributed by atoms with Crippen LogP contribution in [0.25, 0.3) is 16.7 Å². The van der Waals surface area contributed by atoms with Gasteiger partial charge in [0, 0.05) is 11.1 Å². The molecule has 11 heteroatoms. The molecule has 0 bridgehead atoms. The lowest BCUT2D eigenvalue weighted by molar-refractivity contribution is -0.114. The van der Waals surface area contributed by atoms with E-state index in [2.05, 4.69) is 10.5 Å². The van der Waals surface area contributed by atoms with E-state index in [0.29, 0.717) is 22.3 Å². The van der Waals surface area contributed by atoms with E-state index in [9.17, 15) is 17.6 Å². The van der Waals surface area contributed by atoms with Crippen LogP contribution in [-0.2, 0) is 14.8 Å². The van der Waals surface area contributed by atoms with Crippen molar-refractivity contribution in [2.45, 2.75) is 11.8 Å². The molecule has 0 heterocycles. The highest BCUT2D eigenvalue weighted by Gasteiger charge is 2.18. The molecule has 3 aromatic rings. The van der Waals surface area contributed by atoms with Crippen LogP contribution < -0.4 is 16.2 Å². The van der Waals surface area contributed by atoms with E-state index < -0.39 is 21.8 Å². The normalized spacial score (nSPS) is 12.8. The van der Waals surface area contributed by atoms with Crippen LogP contribution in [-0.4, -0.2) is 25.4 Å². The number of anilines is 1. The second-order valence-electron chi connectivity index (χ2n) is 7.19. The van der Waals surface area contributed by atoms with Gasteiger partial charge >= 0.3 is 0 Å². The lowest BCUT2D eigenvalue weighted by Crippen LogP contribution is -2.15. The molecule has 0 spiro atoms. The van der Waals surface area contributed by atoms with E-state index >= 15 is 0 Å². The first-order chi connectivity index (χ1) is 16.0. The van der Waals surface area contributed by atoms with Crippen LogP contribution in [0.3, 0.4) is 0 Å². The lowest BCUT2D eigenvalue weighted by Gasteiger charge is -2.12. The highest BCUT2D eigenvalue weighted by Crippen LogP contribution is 2.32. The predicted octanol–water partition coefficient (Wildman–Crippen LogP) is 4.09. The maximum Gasteiger partial charge on any atom is 0.284 e. The summed E-state index contributed by atoms with van der Waals surface area (Å²) in [5, 5.41) is 19.5. The molecule has 0 aliphatic rings. The minimum Gasteiger partial charge on any atom is -0.409 e. The number of nitrogens with one attached hydrogen (secondary N) is 1. The van der Waals surface area contributed by atoms with Gasteiger partial charge in [-0.1, -0.05) is 59.2 Å². The number of benzene rings is 3. The van der Waals surface area contributed by atoms with Crippen LogP contribution in [0.4, 0.5) is 10.1 Å². The Balaban J connectivity index is 1.89. The van der Waals surface area contributed by atoms with Gasteiger partial charge in [-0.15, -0.1) is 0 Å². The number of amides is 1. The van der Waals surface area contributed by atoms with E-state index in [0.717, 1.165) is 0 Å². The molecule has 0 unspecified atom stereocenters. The van der Waals surface area contributed by atoms with Crippen LogP contribution >= 0.6 is 11.6 Å². The summed E-state index contributed by atoms with van der Waals surface area (Å²) in [4.78, 5) is 12.4. The second-order valence-corrected chi connectivity index (χ2v) is 9.13. The van der Waals surface area contributed by atoms with E-state index in [-0.39, 0.29) is 27.0 Å². The largest absolute Gasteiger partial charge is 0.409 e. The predicted molar refractivity (Wildman–Crippen MR) is 130 cm³/mol. The third kappa shape index (κ3) is 5.42. The van der Waals surface area contributed by atoms with Crippen molar-refractivity contribution in [3.8, 4) is 11.1 Å². The monoisotopic (exact) mass is 502 g/mol. The molecule has 34 heavy (non-hydrogen) atoms. The molecule has 0 saturated carbocycles. The zero-order chi connectivity index (χ0) is 25.0. The molecule has 0 aliphatic carbocycles. The summed E-state index contributed by atoms with van der Waals surface area (Å²) >= 11 is 6.28. The Labute approximate surface area is 200 Å². The van der Waals surface area contributed by atoms with Crippen molar-refractivity contribution in [2.24, 2.45) is 16.0 Å². The average Bonchev–Trinajstić information content (AvgIpc) is 2.83. The number of nitrogens with two attached hydrogens (primary N) is 2. The molecular formula is C23H20ClFN4O4S. The van der Waals surface area contributed by atoms with Crippen molar-refractivity contribution in [1.82, 2.24) is 0 Å². The maximum atomic E-state index is 14.9. The third-order valence-corrected chi connectivity index (χ3v) is 6.23. The molecule has 176 valence electrons. The number of halogens is 2. The molecule has 0 aliphatic heterocycles. The van der Waals surface area contributed by atoms with Crippen molar-refractivity contribution in [1.29, 1.82) is 0 Å². The summed E-state index contributed by atoms with van der Waals surface area (Å²) in [6.45, 7) is 1.41. The summed E-state index contributed by atoms with van der Waals surface area (Å²) < 4.78 is 38.6. The number of primary sulfonamides is 1. The molecule has 8 nitrogen and oxygen atoms in total. The quantitative estimate of drug-likeness (QED) is 0.132. The van der Waals surface area contributed by atoms with Gasteiger partial charge in [-0.3, -0.25) is 4.79 Å². The number of carbonyl (C=O) groups is 1. The fourth-order valence-corrected chi connectivity index (χ4v) is 4.17. The van der Waals surface area contributed by atoms with E-state index in [1.807, 2.05) is 0 Å². The van der Waals surface area contributed by atoms with Crippen LogP contribution in [0.5, 0.6) is 0 Å². The summed E-state index contributed by atoms with van der Waals surface area (Å²) in [7, 11) is -3.98. The highest BCUT2D eigenvalue weighted by atomic mass is 35.5. The van der Waals surface area contributed by atoms with Crippen molar-refractivity contribution in [2.75, 3.05) is 5.32 Å². The molecule has 0 fully saturated rings. The van der Waals surface area contributed by atoms with Crippen LogP contribution in [0, 0.1) is 0 Å². The lowest BCUT2D eigenvalue weighted by atomic mass is 10.0. The SMILES string of the molecule is C/C(=C(\F)C(=O)Nc1ccc(-c2ccccc2S(N)(=O)=O)cc1Cl)c1cccc(/C(N)=N\O)c1. The van der Waals surface area contributed by atoms with E-state index in [1.54, 1.807) is 30.3 Å². The Morgan fingerprint density at radius 1 is 1.06 bits per heavy atom. The van der Waals surface area contributed by atoms with E-state index in [4.69, 9.17) is 27.7 Å². The van der Waals surface area contributed by atoms with Gasteiger partial charge in [0.05, 0.1) is 15.6 Å². The van der Waals surface area contributed by atoms with Gasteiger partial charge in [-0.2, -0.15) is 0 Å². The van der Waals surface area contributed by atoms with Gasteiger partial charge in [-0.05, 0) is 47.9 Å². The van der Waals surface area contributed by atoms with Gasteiger partial charge in [0.15, 0.2) is 11.7 Å². The summed E-state index contributed by atoms with van der Waals surface area (Å²) in [5.74, 6) is -2.25. The topological polar surface area (TPSA) is 148 Å². The molecule has 0 aromatic heterocycles. The summed E-state index contributed by atoms with van der Waals surface area (Å²) in [5.41, 5.74) is 7.20. The van der Waals surface area contributed by atoms with Crippen LogP contribution in [0.15, 0.2) is 82.6 Å². The van der Waals surface area contributed by atoms with Crippen LogP contribution in [0.1, 0.15) is 18.1 Å². The number of sulfonamides is 1. The number of nitrogens with zero attached hydrogens (tertiary/aromatic N) is 1. The Kier molecular flexibility index (Phi) is 7.35. The first-order valence-electron chi connectivity index (χ1n) is 9.70. The first kappa shape index (κ1) is 24.9. The Hall–Kier alpha value is -3.73. The van der Waals surface area contributed by atoms with Crippen LogP contribution in [0.2, 0.25) is 5.02 Å². The highest BCUT2D eigenvalue weighted by molar-refractivity contribution is 7.89. The Morgan fingerprint density at radius 2 is 1.74 bits per heavy atom. The molecule has 6 N–H and O–H groups in total. The minimum absolute atomic E-state index is 0.0277. The van der Waals surface area contributed by atoms with Gasteiger partial charge in [0.2, 0.25) is 10.0 Å². The van der Waals surface area contributed by atoms with Crippen molar-refractivity contribution >= 4 is 44.6 Å². The molecule has 3 rings (SSSR count). The number of rotatable bonds is 6. The fourth-order valence-electron chi connectivity index (χ4n) is 3.18. The Morgan fingerprint density at radius 3 is 2.38 bits per heavy atom. The third-order valence-electron chi connectivity index (χ3n) is 4.95. The maximum absolute atomic E-state index is 14.9. The second kappa shape index (κ2) is 10.0. The first-order valence-corrected chi connectivity index (χ1v) is 11.6. The standard InChI is InChI=1S/C23H20ClFN4O4S/c1-13(14-5-4-6-16(11-14)22(26)29-31)21(25)23(30)28-19-10-9-15(12-18(19)24)17-7-2-3-8-20(17)34(27,32)33/h2-12,31H,1H3,(H2,26,29)(H,28,30)(H2,27,32,33)/b21-13+. The summed E-state index contributed by atoms with van der Waals surface area (Å²) in [6, 6.07) is 16.7. The number of hydrogen-bond donors (Lipinski definition) is 4. The zero-order valence-electron chi connectivity index (χ0n) is 17.8. The number of amidine groups is 1. The number of oxime groups is 1. The van der Waals surface area contributed by atoms with Crippen molar-refractivity contribution in [3.63, 3.8) is 0 Å². The Bertz CT molecular complexity index is 1440. The molecular weight excluding hydrogens is 483 g/mol. The van der Waals surface area contributed by atoms with Gasteiger partial charge in [0.1, 0.15) is 0 Å². The zero-order valence-corrected chi connectivity index (χ0v) is 19.4. The minimum atomic E-state index is -3.98. The number of hydrogen-bond acceptors (Lipinski definition) is 5.